The monoisotopic (exact) mass is 296 g/mol. The van der Waals surface area contributed by atoms with Crippen molar-refractivity contribution in [3.63, 3.8) is 0 Å². The zero-order valence-electron chi connectivity index (χ0n) is 8.23. The van der Waals surface area contributed by atoms with Crippen LogP contribution in [0.3, 0.4) is 0 Å². The van der Waals surface area contributed by atoms with E-state index in [0.29, 0.717) is 0 Å². The van der Waals surface area contributed by atoms with Gasteiger partial charge in [0.15, 0.2) is 0 Å². The number of allylic oxidation sites excluding steroid dienone is 2. The molecule has 13 heavy (non-hydrogen) atoms. The van der Waals surface area contributed by atoms with Crippen molar-refractivity contribution in [3.05, 3.63) is 12.2 Å². The number of halogens is 1. The van der Waals surface area contributed by atoms with Crippen LogP contribution >= 0.6 is 0 Å². The van der Waals surface area contributed by atoms with Crippen LogP contribution in [0.2, 0.25) is 0 Å². The molecule has 0 spiro atoms. The maximum atomic E-state index is 4.94. The maximum absolute atomic E-state index is 4.94. The fourth-order valence-corrected chi connectivity index (χ4v) is 1.19. The molecule has 1 aliphatic heterocycles. The summed E-state index contributed by atoms with van der Waals surface area (Å²) >= 11 is 0. The largest absolute Gasteiger partial charge is 2.00 e. The van der Waals surface area contributed by atoms with E-state index in [9.17, 15) is 0 Å². The molecule has 1 saturated heterocycles. The second-order valence-corrected chi connectivity index (χ2v) is 2.97. The zero-order valence-corrected chi connectivity index (χ0v) is 12.8. The van der Waals surface area contributed by atoms with Crippen molar-refractivity contribution in [1.82, 2.24) is 0 Å². The van der Waals surface area contributed by atoms with Crippen LogP contribution in [0.15, 0.2) is 6.08 Å². The van der Waals surface area contributed by atoms with E-state index in [1.165, 1.54) is 38.5 Å². The molecule has 0 aromatic heterocycles. The Balaban J connectivity index is 0. The minimum Gasteiger partial charge on any atom is -1.00 e. The van der Waals surface area contributed by atoms with E-state index in [1.807, 2.05) is 0 Å². The quantitative estimate of drug-likeness (QED) is 0.441. The van der Waals surface area contributed by atoms with E-state index in [1.54, 1.807) is 0 Å². The van der Waals surface area contributed by atoms with Crippen molar-refractivity contribution in [1.29, 1.82) is 0 Å². The van der Waals surface area contributed by atoms with E-state index >= 15 is 0 Å². The minimum absolute atomic E-state index is 0. The van der Waals surface area contributed by atoms with Crippen LogP contribution in [0.1, 0.15) is 38.5 Å². The van der Waals surface area contributed by atoms with E-state index in [4.69, 9.17) is 4.74 Å². The first-order valence-electron chi connectivity index (χ1n) is 4.63. The molecule has 0 radical (unpaired) electrons. The van der Waals surface area contributed by atoms with Crippen molar-refractivity contribution in [3.8, 4) is 0 Å². The van der Waals surface area contributed by atoms with Crippen LogP contribution in [0.5, 0.6) is 0 Å². The van der Waals surface area contributed by atoms with Crippen LogP contribution in [-0.4, -0.2) is 13.2 Å². The number of rotatable bonds is 0. The fourth-order valence-electron chi connectivity index (χ4n) is 1.19. The van der Waals surface area contributed by atoms with Crippen molar-refractivity contribution < 1.29 is 41.2 Å². The molecule has 2 aliphatic rings. The Labute approximate surface area is 105 Å². The van der Waals surface area contributed by atoms with Gasteiger partial charge in [0.1, 0.15) is 0 Å². The molecule has 1 heterocycles. The van der Waals surface area contributed by atoms with E-state index in [2.05, 4.69) is 12.2 Å². The van der Waals surface area contributed by atoms with Gasteiger partial charge in [-0.2, -0.15) is 6.42 Å². The average Bonchev–Trinajstić information content (AvgIpc) is 2.64. The van der Waals surface area contributed by atoms with Crippen LogP contribution in [0.4, 0.5) is 0 Å². The van der Waals surface area contributed by atoms with E-state index in [-0.39, 0.29) is 36.5 Å². The smallest absolute Gasteiger partial charge is 1.00 e. The predicted octanol–water partition coefficient (Wildman–Crippen LogP) is -0.282. The molecule has 1 aliphatic carbocycles. The molecule has 3 heteroatoms. The summed E-state index contributed by atoms with van der Waals surface area (Å²) < 4.78 is 4.94. The minimum atomic E-state index is 0. The van der Waals surface area contributed by atoms with Crippen molar-refractivity contribution in [2.24, 2.45) is 0 Å². The molecular formula is C10H17BrOZn. The molecule has 0 atom stereocenters. The van der Waals surface area contributed by atoms with Crippen LogP contribution in [0.25, 0.3) is 0 Å². The number of hydrogen-bond donors (Lipinski definition) is 0. The van der Waals surface area contributed by atoms with Gasteiger partial charge < -0.3 is 27.8 Å². The Morgan fingerprint density at radius 1 is 1.00 bits per heavy atom. The molecule has 0 bridgehead atoms. The topological polar surface area (TPSA) is 9.23 Å². The van der Waals surface area contributed by atoms with Crippen LogP contribution in [-0.2, 0) is 24.2 Å². The molecular weight excluding hydrogens is 281 g/mol. The molecule has 0 amide bonds. The van der Waals surface area contributed by atoms with Gasteiger partial charge in [-0.3, -0.25) is 6.08 Å². The molecule has 1 nitrogen and oxygen atoms in total. The first-order chi connectivity index (χ1) is 5.50. The van der Waals surface area contributed by atoms with Gasteiger partial charge in [-0.1, -0.05) is 19.3 Å². The molecule has 0 aromatic rings. The molecule has 1 fully saturated rings. The Morgan fingerprint density at radius 2 is 1.69 bits per heavy atom. The summed E-state index contributed by atoms with van der Waals surface area (Å²) in [5.41, 5.74) is 0. The van der Waals surface area contributed by atoms with Gasteiger partial charge in [0, 0.05) is 13.2 Å². The van der Waals surface area contributed by atoms with Gasteiger partial charge >= 0.3 is 19.5 Å². The van der Waals surface area contributed by atoms with Gasteiger partial charge in [0.05, 0.1) is 0 Å². The SMILES string of the molecule is C1CCOC1.[Br-].[C-]1=CCCCC1.[Zn+2]. The maximum Gasteiger partial charge on any atom is 2.00 e. The molecule has 0 N–H and O–H groups in total. The summed E-state index contributed by atoms with van der Waals surface area (Å²) in [6.07, 6.45) is 13.1. The van der Waals surface area contributed by atoms with Gasteiger partial charge in [-0.05, 0) is 12.8 Å². The summed E-state index contributed by atoms with van der Waals surface area (Å²) in [6.45, 7) is 2.00. The molecule has 72 valence electrons. The Hall–Kier alpha value is 0.803. The summed E-state index contributed by atoms with van der Waals surface area (Å²) in [6, 6.07) is 0. The van der Waals surface area contributed by atoms with E-state index < -0.39 is 0 Å². The standard InChI is InChI=1S/C6H9.C4H8O.BrH.Zn/c1-2-4-6-5-3-1;1-2-4-5-3-1;;/h1H,2,4-6H2;1-4H2;1H;/q-1;;;+2/p-1. The third-order valence-corrected chi connectivity index (χ3v) is 1.89. The van der Waals surface area contributed by atoms with Crippen molar-refractivity contribution in [2.45, 2.75) is 38.5 Å². The molecule has 0 aromatic carbocycles. The molecule has 0 unspecified atom stereocenters. The third-order valence-electron chi connectivity index (χ3n) is 1.89. The molecule has 2 rings (SSSR count). The number of ether oxygens (including phenoxy) is 1. The fraction of sp³-hybridized carbons (Fsp3) is 0.800. The number of hydrogen-bond acceptors (Lipinski definition) is 1. The van der Waals surface area contributed by atoms with Gasteiger partial charge in [0.2, 0.25) is 0 Å². The second-order valence-electron chi connectivity index (χ2n) is 2.97. The van der Waals surface area contributed by atoms with E-state index in [0.717, 1.165) is 13.2 Å². The predicted molar refractivity (Wildman–Crippen MR) is 46.3 cm³/mol. The van der Waals surface area contributed by atoms with Crippen molar-refractivity contribution >= 4 is 0 Å². The van der Waals surface area contributed by atoms with Crippen molar-refractivity contribution in [2.75, 3.05) is 13.2 Å². The van der Waals surface area contributed by atoms with Gasteiger partial charge in [0.25, 0.3) is 0 Å². The molecule has 0 saturated carbocycles. The Kier molecular flexibility index (Phi) is 16.0. The first kappa shape index (κ1) is 16.2. The second kappa shape index (κ2) is 12.8. The van der Waals surface area contributed by atoms with Gasteiger partial charge in [-0.25, -0.2) is 0 Å². The van der Waals surface area contributed by atoms with Crippen LogP contribution < -0.4 is 17.0 Å². The first-order valence-corrected chi connectivity index (χ1v) is 4.63. The Bertz CT molecular complexity index is 97.9. The third kappa shape index (κ3) is 10.7. The average molecular weight is 299 g/mol. The van der Waals surface area contributed by atoms with Gasteiger partial charge in [-0.15, -0.1) is 0 Å². The summed E-state index contributed by atoms with van der Waals surface area (Å²) in [7, 11) is 0. The summed E-state index contributed by atoms with van der Waals surface area (Å²) in [5.74, 6) is 0. The zero-order chi connectivity index (χ0) is 7.78. The Morgan fingerprint density at radius 3 is 1.85 bits per heavy atom. The summed E-state index contributed by atoms with van der Waals surface area (Å²) in [5, 5.41) is 0. The normalized spacial score (nSPS) is 19.1. The summed E-state index contributed by atoms with van der Waals surface area (Å²) in [4.78, 5) is 0. The van der Waals surface area contributed by atoms with Crippen LogP contribution in [0, 0.1) is 6.08 Å².